The zero-order valence-corrected chi connectivity index (χ0v) is 16.7. The second-order valence-corrected chi connectivity index (χ2v) is 8.07. The van der Waals surface area contributed by atoms with Crippen LogP contribution in [-0.4, -0.2) is 66.7 Å². The van der Waals surface area contributed by atoms with E-state index >= 15 is 0 Å². The van der Waals surface area contributed by atoms with Gasteiger partial charge in [0.15, 0.2) is 0 Å². The molecule has 3 aliphatic rings. The summed E-state index contributed by atoms with van der Waals surface area (Å²) in [5, 5.41) is 3.22. The number of morpholine rings is 1. The first-order valence-corrected chi connectivity index (χ1v) is 9.78. The van der Waals surface area contributed by atoms with Crippen molar-refractivity contribution in [2.45, 2.75) is 43.7 Å². The predicted octanol–water partition coefficient (Wildman–Crippen LogP) is 1.67. The topological polar surface area (TPSA) is 67.6 Å². The molecule has 0 aromatic carbocycles. The molecular formula is C16H31Cl2N3O2S. The Morgan fingerprint density at radius 2 is 2.04 bits per heavy atom. The monoisotopic (exact) mass is 399 g/mol. The molecule has 8 heteroatoms. The Kier molecular flexibility index (Phi) is 9.70. The van der Waals surface area contributed by atoms with Crippen LogP contribution in [0.3, 0.4) is 0 Å². The summed E-state index contributed by atoms with van der Waals surface area (Å²) >= 11 is 2.01. The van der Waals surface area contributed by atoms with Crippen LogP contribution in [0, 0.1) is 5.92 Å². The predicted molar refractivity (Wildman–Crippen MR) is 105 cm³/mol. The molecule has 0 bridgehead atoms. The summed E-state index contributed by atoms with van der Waals surface area (Å²) in [5.74, 6) is 2.89. The number of hydrogen-bond acceptors (Lipinski definition) is 5. The van der Waals surface area contributed by atoms with Gasteiger partial charge in [0.2, 0.25) is 5.91 Å². The third kappa shape index (κ3) is 5.39. The molecule has 142 valence electrons. The smallest absolute Gasteiger partial charge is 0.220 e. The van der Waals surface area contributed by atoms with Gasteiger partial charge in [0.05, 0.1) is 13.2 Å². The number of rotatable bonds is 5. The molecule has 3 rings (SSSR count). The number of hydrogen-bond donors (Lipinski definition) is 2. The van der Waals surface area contributed by atoms with Crippen molar-refractivity contribution in [1.29, 1.82) is 0 Å². The van der Waals surface area contributed by atoms with Crippen LogP contribution in [0.25, 0.3) is 0 Å². The second-order valence-electron chi connectivity index (χ2n) is 6.96. The van der Waals surface area contributed by atoms with Crippen molar-refractivity contribution in [3.8, 4) is 0 Å². The fraction of sp³-hybridized carbons (Fsp3) is 0.938. The Morgan fingerprint density at radius 1 is 1.29 bits per heavy atom. The third-order valence-corrected chi connectivity index (χ3v) is 6.78. The molecule has 2 heterocycles. The number of nitrogens with one attached hydrogen (secondary N) is 1. The number of thioether (sulfide) groups is 1. The SMILES string of the molecule is Cl.Cl.N[C@@H]1CCC[C@H]1CC(=O)NCC1(N2CCOCC2)CCSC1. The van der Waals surface area contributed by atoms with Gasteiger partial charge in [-0.1, -0.05) is 6.42 Å². The van der Waals surface area contributed by atoms with Crippen LogP contribution in [-0.2, 0) is 9.53 Å². The first-order valence-electron chi connectivity index (χ1n) is 8.62. The van der Waals surface area contributed by atoms with Crippen molar-refractivity contribution in [2.24, 2.45) is 11.7 Å². The summed E-state index contributed by atoms with van der Waals surface area (Å²) in [6.07, 6.45) is 5.13. The maximum absolute atomic E-state index is 12.3. The molecule has 0 radical (unpaired) electrons. The molecule has 3 fully saturated rings. The van der Waals surface area contributed by atoms with Gasteiger partial charge in [0.25, 0.3) is 0 Å². The van der Waals surface area contributed by atoms with Gasteiger partial charge in [0.1, 0.15) is 0 Å². The van der Waals surface area contributed by atoms with E-state index in [1.54, 1.807) is 0 Å². The van der Waals surface area contributed by atoms with Crippen molar-refractivity contribution in [3.05, 3.63) is 0 Å². The van der Waals surface area contributed by atoms with Gasteiger partial charge in [-0.2, -0.15) is 11.8 Å². The average molecular weight is 400 g/mol. The first kappa shape index (κ1) is 22.3. The fourth-order valence-electron chi connectivity index (χ4n) is 4.03. The van der Waals surface area contributed by atoms with Gasteiger partial charge in [-0.3, -0.25) is 9.69 Å². The molecule has 2 aliphatic heterocycles. The number of halogens is 2. The van der Waals surface area contributed by atoms with E-state index in [4.69, 9.17) is 10.5 Å². The van der Waals surface area contributed by atoms with Gasteiger partial charge in [-0.05, 0) is 30.9 Å². The van der Waals surface area contributed by atoms with E-state index in [0.717, 1.165) is 51.4 Å². The van der Waals surface area contributed by atoms with E-state index in [-0.39, 0.29) is 42.3 Å². The van der Waals surface area contributed by atoms with E-state index in [2.05, 4.69) is 10.2 Å². The van der Waals surface area contributed by atoms with E-state index in [1.807, 2.05) is 11.8 Å². The Balaban J connectivity index is 0.00000144. The Bertz CT molecular complexity index is 392. The van der Waals surface area contributed by atoms with Crippen molar-refractivity contribution in [2.75, 3.05) is 44.4 Å². The third-order valence-electron chi connectivity index (χ3n) is 5.54. The summed E-state index contributed by atoms with van der Waals surface area (Å²) in [6, 6.07) is 0.223. The van der Waals surface area contributed by atoms with Crippen LogP contribution >= 0.6 is 36.6 Å². The van der Waals surface area contributed by atoms with Gasteiger partial charge in [0, 0.05) is 43.4 Å². The minimum atomic E-state index is 0. The Labute approximate surface area is 162 Å². The number of nitrogens with two attached hydrogens (primary N) is 1. The maximum Gasteiger partial charge on any atom is 0.220 e. The van der Waals surface area contributed by atoms with Gasteiger partial charge in [-0.25, -0.2) is 0 Å². The lowest BCUT2D eigenvalue weighted by atomic mass is 9.94. The van der Waals surface area contributed by atoms with E-state index < -0.39 is 0 Å². The van der Waals surface area contributed by atoms with Crippen molar-refractivity contribution < 1.29 is 9.53 Å². The summed E-state index contributed by atoms with van der Waals surface area (Å²) in [6.45, 7) is 4.39. The number of carbonyl (C=O) groups is 1. The first-order chi connectivity index (χ1) is 10.7. The average Bonchev–Trinajstić information content (AvgIpc) is 3.17. The van der Waals surface area contributed by atoms with Gasteiger partial charge < -0.3 is 15.8 Å². The largest absolute Gasteiger partial charge is 0.379 e. The normalized spacial score (nSPS) is 33.5. The van der Waals surface area contributed by atoms with Gasteiger partial charge >= 0.3 is 0 Å². The van der Waals surface area contributed by atoms with E-state index in [0.29, 0.717) is 12.3 Å². The Morgan fingerprint density at radius 3 is 2.62 bits per heavy atom. The number of amides is 1. The molecule has 2 saturated heterocycles. The molecule has 1 saturated carbocycles. The van der Waals surface area contributed by atoms with Crippen LogP contribution in [0.1, 0.15) is 32.1 Å². The number of nitrogens with zero attached hydrogens (tertiary/aromatic N) is 1. The number of ether oxygens (including phenoxy) is 1. The maximum atomic E-state index is 12.3. The standard InChI is InChI=1S/C16H29N3O2S.2ClH/c17-14-3-1-2-13(14)10-15(20)18-11-16(4-9-22-12-16)19-5-7-21-8-6-19;;/h13-14H,1-12,17H2,(H,18,20);2*1H/t13-,14+,16?;;/m0../s1. The molecule has 0 aromatic rings. The highest BCUT2D eigenvalue weighted by atomic mass is 35.5. The highest BCUT2D eigenvalue weighted by Gasteiger charge is 2.41. The molecule has 3 N–H and O–H groups in total. The lowest BCUT2D eigenvalue weighted by Crippen LogP contribution is -2.59. The zero-order valence-electron chi connectivity index (χ0n) is 14.2. The molecule has 0 spiro atoms. The van der Waals surface area contributed by atoms with E-state index in [9.17, 15) is 4.79 Å². The summed E-state index contributed by atoms with van der Waals surface area (Å²) < 4.78 is 5.48. The lowest BCUT2D eigenvalue weighted by Gasteiger charge is -2.43. The molecule has 1 unspecified atom stereocenters. The highest BCUT2D eigenvalue weighted by Crippen LogP contribution is 2.34. The highest BCUT2D eigenvalue weighted by molar-refractivity contribution is 7.99. The van der Waals surface area contributed by atoms with Crippen LogP contribution < -0.4 is 11.1 Å². The quantitative estimate of drug-likeness (QED) is 0.735. The molecule has 0 aromatic heterocycles. The molecule has 24 heavy (non-hydrogen) atoms. The van der Waals surface area contributed by atoms with Gasteiger partial charge in [-0.15, -0.1) is 24.8 Å². The minimum absolute atomic E-state index is 0. The van der Waals surface area contributed by atoms with Crippen molar-refractivity contribution in [3.63, 3.8) is 0 Å². The van der Waals surface area contributed by atoms with Crippen molar-refractivity contribution in [1.82, 2.24) is 10.2 Å². The van der Waals surface area contributed by atoms with Crippen LogP contribution in [0.15, 0.2) is 0 Å². The van der Waals surface area contributed by atoms with Crippen LogP contribution in [0.2, 0.25) is 0 Å². The fourth-order valence-corrected chi connectivity index (χ4v) is 5.50. The molecule has 1 amide bonds. The molecular weight excluding hydrogens is 369 g/mol. The van der Waals surface area contributed by atoms with E-state index in [1.165, 1.54) is 18.6 Å². The molecule has 3 atom stereocenters. The van der Waals surface area contributed by atoms with Crippen LogP contribution in [0.4, 0.5) is 0 Å². The lowest BCUT2D eigenvalue weighted by molar-refractivity contribution is -0.122. The summed E-state index contributed by atoms with van der Waals surface area (Å²) in [7, 11) is 0. The second kappa shape index (κ2) is 10.4. The molecule has 1 aliphatic carbocycles. The summed E-state index contributed by atoms with van der Waals surface area (Å²) in [5.41, 5.74) is 6.22. The minimum Gasteiger partial charge on any atom is -0.379 e. The van der Waals surface area contributed by atoms with Crippen molar-refractivity contribution >= 4 is 42.5 Å². The van der Waals surface area contributed by atoms with Crippen LogP contribution in [0.5, 0.6) is 0 Å². The zero-order chi connectivity index (χ0) is 15.4. The number of carbonyl (C=O) groups excluding carboxylic acids is 1. The summed E-state index contributed by atoms with van der Waals surface area (Å²) in [4.78, 5) is 14.8. The Hall–Kier alpha value is 0.280. The molecule has 5 nitrogen and oxygen atoms in total.